The van der Waals surface area contributed by atoms with Crippen molar-refractivity contribution in [2.45, 2.75) is 26.3 Å². The molecule has 0 amide bonds. The summed E-state index contributed by atoms with van der Waals surface area (Å²) in [7, 11) is 0. The molecule has 0 radical (unpaired) electrons. The third kappa shape index (κ3) is 3.84. The molecule has 102 valence electrons. The molecule has 2 aromatic rings. The first kappa shape index (κ1) is 14.1. The second-order valence-corrected chi connectivity index (χ2v) is 5.40. The molecule has 0 fully saturated rings. The van der Waals surface area contributed by atoms with E-state index < -0.39 is 0 Å². The van der Waals surface area contributed by atoms with E-state index in [9.17, 15) is 4.39 Å². The first-order valence-corrected chi connectivity index (χ1v) is 6.86. The van der Waals surface area contributed by atoms with E-state index in [0.29, 0.717) is 28.4 Å². The monoisotopic (exact) mass is 327 g/mol. The van der Waals surface area contributed by atoms with Crippen LogP contribution in [0.15, 0.2) is 27.1 Å². The molecule has 2 rings (SSSR count). The summed E-state index contributed by atoms with van der Waals surface area (Å²) in [5.41, 5.74) is 0.318. The molecule has 1 heterocycles. The summed E-state index contributed by atoms with van der Waals surface area (Å²) in [5.74, 6) is 0.333. The molecular weight excluding hydrogens is 313 g/mol. The van der Waals surface area contributed by atoms with Crippen LogP contribution in [0.1, 0.15) is 19.7 Å². The van der Waals surface area contributed by atoms with Crippen LogP contribution >= 0.6 is 15.9 Å². The van der Waals surface area contributed by atoms with Crippen LogP contribution in [0.4, 0.5) is 4.39 Å². The Kier molecular flexibility index (Phi) is 4.66. The van der Waals surface area contributed by atoms with Crippen molar-refractivity contribution in [1.29, 1.82) is 0 Å². The van der Waals surface area contributed by atoms with Crippen LogP contribution in [-0.4, -0.2) is 22.8 Å². The van der Waals surface area contributed by atoms with E-state index in [0.717, 1.165) is 6.54 Å². The van der Waals surface area contributed by atoms with Crippen molar-refractivity contribution in [1.82, 2.24) is 15.5 Å². The highest BCUT2D eigenvalue weighted by Gasteiger charge is 2.13. The maximum absolute atomic E-state index is 13.7. The molecule has 0 aliphatic carbocycles. The van der Waals surface area contributed by atoms with E-state index >= 15 is 0 Å². The van der Waals surface area contributed by atoms with Gasteiger partial charge in [-0.2, -0.15) is 0 Å². The van der Waals surface area contributed by atoms with Crippen LogP contribution in [0.25, 0.3) is 11.5 Å². The summed E-state index contributed by atoms with van der Waals surface area (Å²) in [6.45, 7) is 4.88. The summed E-state index contributed by atoms with van der Waals surface area (Å²) in [6.07, 6.45) is 0.628. The van der Waals surface area contributed by atoms with Gasteiger partial charge in [-0.05, 0) is 18.2 Å². The van der Waals surface area contributed by atoms with Crippen LogP contribution in [0.5, 0.6) is 0 Å². The molecule has 0 saturated heterocycles. The minimum Gasteiger partial charge on any atom is -0.421 e. The lowest BCUT2D eigenvalue weighted by atomic mass is 10.2. The van der Waals surface area contributed by atoms with Crippen molar-refractivity contribution in [2.75, 3.05) is 6.54 Å². The van der Waals surface area contributed by atoms with Gasteiger partial charge >= 0.3 is 0 Å². The van der Waals surface area contributed by atoms with Crippen molar-refractivity contribution in [3.63, 3.8) is 0 Å². The predicted molar refractivity (Wildman–Crippen MR) is 74.2 cm³/mol. The Morgan fingerprint density at radius 3 is 2.84 bits per heavy atom. The Morgan fingerprint density at radius 2 is 2.16 bits per heavy atom. The van der Waals surface area contributed by atoms with E-state index in [1.54, 1.807) is 12.1 Å². The third-order valence-electron chi connectivity index (χ3n) is 2.52. The lowest BCUT2D eigenvalue weighted by Crippen LogP contribution is -2.25. The Hall–Kier alpha value is -1.27. The van der Waals surface area contributed by atoms with Gasteiger partial charge in [0.2, 0.25) is 5.89 Å². The molecule has 1 aromatic heterocycles. The lowest BCUT2D eigenvalue weighted by Gasteiger charge is -2.04. The standard InChI is InChI=1S/C13H15BrFN3O/c1-8(2)16-6-5-12-17-18-13(19-12)10-4-3-9(14)7-11(10)15/h3-4,7-8,16H,5-6H2,1-2H3. The summed E-state index contributed by atoms with van der Waals surface area (Å²) < 4.78 is 19.9. The van der Waals surface area contributed by atoms with Crippen molar-refractivity contribution < 1.29 is 8.81 Å². The molecule has 0 aliphatic rings. The average Bonchev–Trinajstić information content (AvgIpc) is 2.77. The van der Waals surface area contributed by atoms with E-state index in [-0.39, 0.29) is 11.7 Å². The minimum absolute atomic E-state index is 0.213. The number of halogens is 2. The Balaban J connectivity index is 2.08. The summed E-state index contributed by atoms with van der Waals surface area (Å²) >= 11 is 3.21. The van der Waals surface area contributed by atoms with Gasteiger partial charge in [-0.25, -0.2) is 4.39 Å². The zero-order valence-electron chi connectivity index (χ0n) is 10.8. The number of hydrogen-bond acceptors (Lipinski definition) is 4. The smallest absolute Gasteiger partial charge is 0.250 e. The highest BCUT2D eigenvalue weighted by molar-refractivity contribution is 9.10. The van der Waals surface area contributed by atoms with Gasteiger partial charge in [0.15, 0.2) is 0 Å². The predicted octanol–water partition coefficient (Wildman–Crippen LogP) is 3.18. The van der Waals surface area contributed by atoms with Crippen molar-refractivity contribution in [3.05, 3.63) is 34.4 Å². The molecular formula is C13H15BrFN3O. The SMILES string of the molecule is CC(C)NCCc1nnc(-c2ccc(Br)cc2F)o1. The largest absolute Gasteiger partial charge is 0.421 e. The van der Waals surface area contributed by atoms with Crippen LogP contribution in [0.2, 0.25) is 0 Å². The molecule has 0 unspecified atom stereocenters. The van der Waals surface area contributed by atoms with Crippen LogP contribution < -0.4 is 5.32 Å². The normalized spacial score (nSPS) is 11.2. The lowest BCUT2D eigenvalue weighted by molar-refractivity contribution is 0.482. The number of hydrogen-bond donors (Lipinski definition) is 1. The van der Waals surface area contributed by atoms with Gasteiger partial charge < -0.3 is 9.73 Å². The van der Waals surface area contributed by atoms with Crippen LogP contribution in [-0.2, 0) is 6.42 Å². The number of nitrogens with one attached hydrogen (secondary N) is 1. The molecule has 1 N–H and O–H groups in total. The van der Waals surface area contributed by atoms with Crippen LogP contribution in [0.3, 0.4) is 0 Å². The van der Waals surface area contributed by atoms with E-state index in [1.165, 1.54) is 6.07 Å². The minimum atomic E-state index is -0.384. The third-order valence-corrected chi connectivity index (χ3v) is 3.01. The van der Waals surface area contributed by atoms with Gasteiger partial charge in [0.1, 0.15) is 5.82 Å². The number of aromatic nitrogens is 2. The quantitative estimate of drug-likeness (QED) is 0.916. The molecule has 1 aromatic carbocycles. The Bertz CT molecular complexity index is 557. The second kappa shape index (κ2) is 6.25. The molecule has 0 saturated carbocycles. The number of nitrogens with zero attached hydrogens (tertiary/aromatic N) is 2. The molecule has 0 aliphatic heterocycles. The molecule has 0 bridgehead atoms. The number of rotatable bonds is 5. The van der Waals surface area contributed by atoms with Crippen LogP contribution in [0, 0.1) is 5.82 Å². The van der Waals surface area contributed by atoms with E-state index in [4.69, 9.17) is 4.42 Å². The fraction of sp³-hybridized carbons (Fsp3) is 0.385. The van der Waals surface area contributed by atoms with Gasteiger partial charge in [0.05, 0.1) is 5.56 Å². The first-order valence-electron chi connectivity index (χ1n) is 6.07. The summed E-state index contributed by atoms with van der Waals surface area (Å²) in [6, 6.07) is 5.14. The van der Waals surface area contributed by atoms with Crippen molar-refractivity contribution in [2.24, 2.45) is 0 Å². The summed E-state index contributed by atoms with van der Waals surface area (Å²) in [4.78, 5) is 0. The Labute approximate surface area is 119 Å². The van der Waals surface area contributed by atoms with Gasteiger partial charge in [-0.15, -0.1) is 10.2 Å². The zero-order chi connectivity index (χ0) is 13.8. The number of benzene rings is 1. The molecule has 6 heteroatoms. The van der Waals surface area contributed by atoms with E-state index in [1.807, 2.05) is 0 Å². The molecule has 0 spiro atoms. The fourth-order valence-corrected chi connectivity index (χ4v) is 1.93. The highest BCUT2D eigenvalue weighted by atomic mass is 79.9. The van der Waals surface area contributed by atoms with Gasteiger partial charge in [0, 0.05) is 23.5 Å². The van der Waals surface area contributed by atoms with Crippen molar-refractivity contribution >= 4 is 15.9 Å². The van der Waals surface area contributed by atoms with Gasteiger partial charge in [0.25, 0.3) is 5.89 Å². The second-order valence-electron chi connectivity index (χ2n) is 4.48. The molecule has 0 atom stereocenters. The maximum atomic E-state index is 13.7. The van der Waals surface area contributed by atoms with Crippen molar-refractivity contribution in [3.8, 4) is 11.5 Å². The summed E-state index contributed by atoms with van der Waals surface area (Å²) in [5, 5.41) is 11.0. The molecule has 4 nitrogen and oxygen atoms in total. The topological polar surface area (TPSA) is 51.0 Å². The molecule has 19 heavy (non-hydrogen) atoms. The zero-order valence-corrected chi connectivity index (χ0v) is 12.4. The Morgan fingerprint density at radius 1 is 1.37 bits per heavy atom. The van der Waals surface area contributed by atoms with Gasteiger partial charge in [-0.1, -0.05) is 29.8 Å². The fourth-order valence-electron chi connectivity index (χ4n) is 1.59. The van der Waals surface area contributed by atoms with Gasteiger partial charge in [-0.3, -0.25) is 0 Å². The maximum Gasteiger partial charge on any atom is 0.250 e. The average molecular weight is 328 g/mol. The van der Waals surface area contributed by atoms with E-state index in [2.05, 4.69) is 45.3 Å². The first-order chi connectivity index (χ1) is 9.06. The highest BCUT2D eigenvalue weighted by Crippen LogP contribution is 2.24.